The first-order chi connectivity index (χ1) is 12.8. The number of nitrogens with zero attached hydrogens (tertiary/aromatic N) is 2. The number of carbonyl (C=O) groups is 1. The van der Waals surface area contributed by atoms with Gasteiger partial charge in [0.1, 0.15) is 5.82 Å². The molecule has 0 saturated carbocycles. The molecule has 0 fully saturated rings. The molecule has 0 radical (unpaired) electrons. The highest BCUT2D eigenvalue weighted by atomic mass is 32.2. The zero-order valence-electron chi connectivity index (χ0n) is 15.4. The fourth-order valence-corrected chi connectivity index (χ4v) is 4.03. The van der Waals surface area contributed by atoms with Crippen molar-refractivity contribution >= 4 is 21.6 Å². The maximum atomic E-state index is 13.7. The minimum Gasteiger partial charge on any atom is -0.267 e. The van der Waals surface area contributed by atoms with Gasteiger partial charge >= 0.3 is 0 Å². The minimum absolute atomic E-state index is 0.0358. The molecule has 1 amide bonds. The summed E-state index contributed by atoms with van der Waals surface area (Å²) in [6.07, 6.45) is 0. The van der Waals surface area contributed by atoms with Crippen LogP contribution in [0.25, 0.3) is 0 Å². The van der Waals surface area contributed by atoms with Crippen molar-refractivity contribution < 1.29 is 17.6 Å². The Balaban J connectivity index is 2.23. The van der Waals surface area contributed by atoms with Crippen LogP contribution in [-0.2, 0) is 10.0 Å². The van der Waals surface area contributed by atoms with Crippen molar-refractivity contribution in [3.05, 3.63) is 65.5 Å². The van der Waals surface area contributed by atoms with E-state index in [4.69, 9.17) is 0 Å². The topological polar surface area (TPSA) is 78.8 Å². The number of halogens is 1. The number of rotatable bonds is 7. The highest BCUT2D eigenvalue weighted by Gasteiger charge is 2.22. The number of carbonyl (C=O) groups excluding carboxylic acids is 1. The molecule has 0 heterocycles. The normalized spacial score (nSPS) is 12.3. The van der Waals surface area contributed by atoms with Gasteiger partial charge in [0.2, 0.25) is 10.0 Å². The summed E-state index contributed by atoms with van der Waals surface area (Å²) in [4.78, 5) is 12.4. The van der Waals surface area contributed by atoms with Crippen molar-refractivity contribution in [1.82, 2.24) is 9.73 Å². The zero-order valence-corrected chi connectivity index (χ0v) is 16.3. The van der Waals surface area contributed by atoms with Gasteiger partial charge in [-0.25, -0.2) is 18.2 Å². The molecule has 0 atom stereocenters. The van der Waals surface area contributed by atoms with Crippen LogP contribution in [0.2, 0.25) is 0 Å². The molecular weight excluding hydrogens is 369 g/mol. The third-order valence-electron chi connectivity index (χ3n) is 4.03. The smallest absolute Gasteiger partial charge is 0.267 e. The van der Waals surface area contributed by atoms with Gasteiger partial charge in [0.05, 0.1) is 10.6 Å². The SMILES string of the molecule is CCN(CC)S(=O)(=O)c1cccc(C(=O)N/N=C(\C)c2ccccc2F)c1. The first kappa shape index (κ1) is 20.7. The number of benzene rings is 2. The van der Waals surface area contributed by atoms with Crippen LogP contribution in [0.4, 0.5) is 4.39 Å². The summed E-state index contributed by atoms with van der Waals surface area (Å²) in [6.45, 7) is 5.73. The molecule has 144 valence electrons. The van der Waals surface area contributed by atoms with E-state index in [0.717, 1.165) is 0 Å². The van der Waals surface area contributed by atoms with E-state index in [-0.39, 0.29) is 16.0 Å². The van der Waals surface area contributed by atoms with Crippen LogP contribution < -0.4 is 5.43 Å². The lowest BCUT2D eigenvalue weighted by atomic mass is 10.1. The summed E-state index contributed by atoms with van der Waals surface area (Å²) in [6, 6.07) is 11.8. The van der Waals surface area contributed by atoms with E-state index < -0.39 is 21.7 Å². The van der Waals surface area contributed by atoms with Crippen LogP contribution in [0.1, 0.15) is 36.7 Å². The van der Waals surface area contributed by atoms with E-state index >= 15 is 0 Å². The van der Waals surface area contributed by atoms with Gasteiger partial charge in [0.25, 0.3) is 5.91 Å². The maximum absolute atomic E-state index is 13.7. The van der Waals surface area contributed by atoms with Crippen molar-refractivity contribution in [2.45, 2.75) is 25.7 Å². The zero-order chi connectivity index (χ0) is 20.0. The van der Waals surface area contributed by atoms with Crippen LogP contribution in [0.3, 0.4) is 0 Å². The van der Waals surface area contributed by atoms with E-state index in [1.807, 2.05) is 0 Å². The van der Waals surface area contributed by atoms with Gasteiger partial charge in [-0.15, -0.1) is 0 Å². The van der Waals surface area contributed by atoms with E-state index in [0.29, 0.717) is 18.8 Å². The van der Waals surface area contributed by atoms with Crippen molar-refractivity contribution in [2.24, 2.45) is 5.10 Å². The Morgan fingerprint density at radius 1 is 1.11 bits per heavy atom. The molecule has 0 aliphatic rings. The van der Waals surface area contributed by atoms with E-state index in [1.54, 1.807) is 39.0 Å². The number of hydrogen-bond acceptors (Lipinski definition) is 4. The molecular formula is C19H22FN3O3S. The Hall–Kier alpha value is -2.58. The monoisotopic (exact) mass is 391 g/mol. The van der Waals surface area contributed by atoms with E-state index in [2.05, 4.69) is 10.5 Å². The number of amides is 1. The molecule has 0 saturated heterocycles. The van der Waals surface area contributed by atoms with Crippen molar-refractivity contribution in [1.29, 1.82) is 0 Å². The summed E-state index contributed by atoms with van der Waals surface area (Å²) in [5.41, 5.74) is 3.05. The fraction of sp³-hybridized carbons (Fsp3) is 0.263. The maximum Gasteiger partial charge on any atom is 0.271 e. The third-order valence-corrected chi connectivity index (χ3v) is 6.07. The summed E-state index contributed by atoms with van der Waals surface area (Å²) >= 11 is 0. The van der Waals surface area contributed by atoms with Gasteiger partial charge in [0.15, 0.2) is 0 Å². The van der Waals surface area contributed by atoms with Crippen LogP contribution in [0, 0.1) is 5.82 Å². The van der Waals surface area contributed by atoms with E-state index in [1.165, 1.54) is 34.6 Å². The average Bonchev–Trinajstić information content (AvgIpc) is 2.67. The van der Waals surface area contributed by atoms with Crippen molar-refractivity contribution in [3.8, 4) is 0 Å². The molecule has 2 aromatic rings. The number of hydrogen-bond donors (Lipinski definition) is 1. The lowest BCUT2D eigenvalue weighted by molar-refractivity contribution is 0.0954. The number of nitrogens with one attached hydrogen (secondary N) is 1. The third kappa shape index (κ3) is 4.78. The first-order valence-corrected chi connectivity index (χ1v) is 9.95. The number of sulfonamides is 1. The minimum atomic E-state index is -3.67. The van der Waals surface area contributed by atoms with Gasteiger partial charge in [-0.2, -0.15) is 9.41 Å². The van der Waals surface area contributed by atoms with Gasteiger partial charge in [-0.1, -0.05) is 38.1 Å². The molecule has 6 nitrogen and oxygen atoms in total. The second-order valence-electron chi connectivity index (χ2n) is 5.74. The summed E-state index contributed by atoms with van der Waals surface area (Å²) < 4.78 is 40.2. The van der Waals surface area contributed by atoms with Gasteiger partial charge in [-0.05, 0) is 31.2 Å². The second-order valence-corrected chi connectivity index (χ2v) is 7.67. The Kier molecular flexibility index (Phi) is 6.81. The molecule has 1 N–H and O–H groups in total. The summed E-state index contributed by atoms with van der Waals surface area (Å²) in [7, 11) is -3.67. The Morgan fingerprint density at radius 3 is 2.41 bits per heavy atom. The molecule has 0 spiro atoms. The Bertz CT molecular complexity index is 954. The van der Waals surface area contributed by atoms with Crippen LogP contribution in [0.15, 0.2) is 58.5 Å². The van der Waals surface area contributed by atoms with E-state index in [9.17, 15) is 17.6 Å². The molecule has 0 aliphatic carbocycles. The standard InChI is InChI=1S/C19H22FN3O3S/c1-4-23(5-2)27(25,26)16-10-8-9-15(13-16)19(24)22-21-14(3)17-11-6-7-12-18(17)20/h6-13H,4-5H2,1-3H3,(H,22,24)/b21-14+. The fourth-order valence-electron chi connectivity index (χ4n) is 2.52. The molecule has 0 aromatic heterocycles. The second kappa shape index (κ2) is 8.88. The molecule has 0 unspecified atom stereocenters. The lowest BCUT2D eigenvalue weighted by Crippen LogP contribution is -2.30. The predicted molar refractivity (Wildman–Crippen MR) is 103 cm³/mol. The molecule has 2 rings (SSSR count). The van der Waals surface area contributed by atoms with Crippen LogP contribution >= 0.6 is 0 Å². The number of hydrazone groups is 1. The van der Waals surface area contributed by atoms with Crippen molar-refractivity contribution in [2.75, 3.05) is 13.1 Å². The molecule has 2 aromatic carbocycles. The summed E-state index contributed by atoms with van der Waals surface area (Å²) in [5, 5.41) is 3.91. The van der Waals surface area contributed by atoms with Crippen LogP contribution in [0.5, 0.6) is 0 Å². The molecule has 27 heavy (non-hydrogen) atoms. The quantitative estimate of drug-likeness (QED) is 0.582. The predicted octanol–water partition coefficient (Wildman–Crippen LogP) is 3.01. The van der Waals surface area contributed by atoms with Crippen LogP contribution in [-0.4, -0.2) is 37.4 Å². The highest BCUT2D eigenvalue weighted by molar-refractivity contribution is 7.89. The lowest BCUT2D eigenvalue weighted by Gasteiger charge is -2.18. The summed E-state index contributed by atoms with van der Waals surface area (Å²) in [5.74, 6) is -1.03. The largest absolute Gasteiger partial charge is 0.271 e. The highest BCUT2D eigenvalue weighted by Crippen LogP contribution is 2.17. The molecule has 8 heteroatoms. The first-order valence-electron chi connectivity index (χ1n) is 8.51. The van der Waals surface area contributed by atoms with Gasteiger partial charge in [-0.3, -0.25) is 4.79 Å². The Morgan fingerprint density at radius 2 is 1.78 bits per heavy atom. The molecule has 0 bridgehead atoms. The van der Waals surface area contributed by atoms with Gasteiger partial charge in [0, 0.05) is 24.2 Å². The Labute approximate surface area is 158 Å². The average molecular weight is 391 g/mol. The van der Waals surface area contributed by atoms with Gasteiger partial charge < -0.3 is 0 Å². The molecule has 0 aliphatic heterocycles. The van der Waals surface area contributed by atoms with Crippen molar-refractivity contribution in [3.63, 3.8) is 0 Å².